The monoisotopic (exact) mass is 436 g/mol. The molecular weight excluding hydrogens is 412 g/mol. The number of anilines is 2. The molecule has 6 nitrogen and oxygen atoms in total. The van der Waals surface area contributed by atoms with Gasteiger partial charge in [0.15, 0.2) is 5.78 Å². The Morgan fingerprint density at radius 1 is 0.903 bits per heavy atom. The molecule has 0 saturated carbocycles. The number of nitrogens with zero attached hydrogens (tertiary/aromatic N) is 1. The standard InChI is InChI=1S/C24H24N2O4S/c1-17-6-4-9-23(14-17)26(31(3,29)30)16-19-10-12-20(13-11-19)24(28)25-22-8-5-7-21(15-22)18(2)27/h4-15H,16H2,1-3H3,(H,25,28). The van der Waals surface area contributed by atoms with Gasteiger partial charge >= 0.3 is 0 Å². The van der Waals surface area contributed by atoms with Gasteiger partial charge in [0.05, 0.1) is 18.5 Å². The topological polar surface area (TPSA) is 83.6 Å². The van der Waals surface area contributed by atoms with Gasteiger partial charge in [-0.05, 0) is 61.4 Å². The van der Waals surface area contributed by atoms with Crippen LogP contribution in [0.5, 0.6) is 0 Å². The molecule has 31 heavy (non-hydrogen) atoms. The quantitative estimate of drug-likeness (QED) is 0.556. The fraction of sp³-hybridized carbons (Fsp3) is 0.167. The molecule has 0 aliphatic heterocycles. The van der Waals surface area contributed by atoms with Crippen molar-refractivity contribution in [2.45, 2.75) is 20.4 Å². The summed E-state index contributed by atoms with van der Waals surface area (Å²) in [4.78, 5) is 24.1. The lowest BCUT2D eigenvalue weighted by atomic mass is 10.1. The summed E-state index contributed by atoms with van der Waals surface area (Å²) >= 11 is 0. The number of sulfonamides is 1. The van der Waals surface area contributed by atoms with E-state index < -0.39 is 10.0 Å². The summed E-state index contributed by atoms with van der Waals surface area (Å²) < 4.78 is 26.0. The Balaban J connectivity index is 1.76. The van der Waals surface area contributed by atoms with Crippen LogP contribution in [0.4, 0.5) is 11.4 Å². The highest BCUT2D eigenvalue weighted by molar-refractivity contribution is 7.92. The van der Waals surface area contributed by atoms with Crippen molar-refractivity contribution in [1.29, 1.82) is 0 Å². The molecule has 7 heteroatoms. The van der Waals surface area contributed by atoms with Gasteiger partial charge in [0.2, 0.25) is 10.0 Å². The third-order valence-corrected chi connectivity index (χ3v) is 5.90. The van der Waals surface area contributed by atoms with E-state index in [0.29, 0.717) is 22.5 Å². The molecule has 0 heterocycles. The molecule has 3 rings (SSSR count). The van der Waals surface area contributed by atoms with E-state index in [1.165, 1.54) is 17.5 Å². The summed E-state index contributed by atoms with van der Waals surface area (Å²) in [6.45, 7) is 3.53. The minimum absolute atomic E-state index is 0.0792. The van der Waals surface area contributed by atoms with Crippen molar-refractivity contribution in [2.24, 2.45) is 0 Å². The summed E-state index contributed by atoms with van der Waals surface area (Å²) in [7, 11) is -3.48. The van der Waals surface area contributed by atoms with E-state index in [-0.39, 0.29) is 18.2 Å². The van der Waals surface area contributed by atoms with Crippen LogP contribution >= 0.6 is 0 Å². The Morgan fingerprint density at radius 3 is 2.19 bits per heavy atom. The first-order valence-electron chi connectivity index (χ1n) is 9.69. The second-order valence-corrected chi connectivity index (χ2v) is 9.30. The lowest BCUT2D eigenvalue weighted by Gasteiger charge is -2.23. The van der Waals surface area contributed by atoms with Crippen molar-refractivity contribution in [3.8, 4) is 0 Å². The Kier molecular flexibility index (Phi) is 6.56. The molecule has 0 radical (unpaired) electrons. The van der Waals surface area contributed by atoms with Gasteiger partial charge in [-0.1, -0.05) is 36.4 Å². The maximum absolute atomic E-state index is 12.5. The summed E-state index contributed by atoms with van der Waals surface area (Å²) in [5, 5.41) is 2.77. The minimum Gasteiger partial charge on any atom is -0.322 e. The number of carbonyl (C=O) groups excluding carboxylic acids is 2. The molecule has 0 saturated heterocycles. The maximum atomic E-state index is 12.5. The van der Waals surface area contributed by atoms with Crippen LogP contribution in [0.3, 0.4) is 0 Å². The average molecular weight is 437 g/mol. The predicted molar refractivity (Wildman–Crippen MR) is 123 cm³/mol. The number of rotatable bonds is 7. The van der Waals surface area contributed by atoms with Gasteiger partial charge in [-0.3, -0.25) is 13.9 Å². The third-order valence-electron chi connectivity index (χ3n) is 4.76. The van der Waals surface area contributed by atoms with Crippen molar-refractivity contribution >= 4 is 33.1 Å². The Labute approximate surface area is 182 Å². The molecule has 0 bridgehead atoms. The summed E-state index contributed by atoms with van der Waals surface area (Å²) in [6, 6.07) is 20.8. The van der Waals surface area contributed by atoms with Crippen molar-refractivity contribution in [2.75, 3.05) is 15.9 Å². The predicted octanol–water partition coefficient (Wildman–Crippen LogP) is 4.42. The lowest BCUT2D eigenvalue weighted by molar-refractivity contribution is 0.101. The Bertz CT molecular complexity index is 1220. The van der Waals surface area contributed by atoms with Crippen molar-refractivity contribution in [3.63, 3.8) is 0 Å². The Morgan fingerprint density at radius 2 is 1.58 bits per heavy atom. The summed E-state index contributed by atoms with van der Waals surface area (Å²) in [5.41, 5.74) is 3.79. The number of benzene rings is 3. The van der Waals surface area contributed by atoms with Crippen LogP contribution in [0.1, 0.15) is 38.8 Å². The number of ketones is 1. The Hall–Kier alpha value is -3.45. The molecule has 0 unspecified atom stereocenters. The highest BCUT2D eigenvalue weighted by atomic mass is 32.2. The van der Waals surface area contributed by atoms with Crippen molar-refractivity contribution < 1.29 is 18.0 Å². The van der Waals surface area contributed by atoms with Gasteiger partial charge in [-0.2, -0.15) is 0 Å². The van der Waals surface area contributed by atoms with Gasteiger partial charge in [0.1, 0.15) is 0 Å². The molecule has 1 amide bonds. The molecule has 3 aromatic rings. The zero-order chi connectivity index (χ0) is 22.6. The van der Waals surface area contributed by atoms with Crippen LogP contribution < -0.4 is 9.62 Å². The van der Waals surface area contributed by atoms with Crippen LogP contribution in [0, 0.1) is 6.92 Å². The molecular formula is C24H24N2O4S. The van der Waals surface area contributed by atoms with Gasteiger partial charge in [-0.15, -0.1) is 0 Å². The van der Waals surface area contributed by atoms with E-state index in [0.717, 1.165) is 11.1 Å². The van der Waals surface area contributed by atoms with E-state index in [4.69, 9.17) is 0 Å². The first-order chi connectivity index (χ1) is 14.6. The number of Topliss-reactive ketones (excluding diaryl/α,β-unsaturated/α-hetero) is 1. The number of amides is 1. The van der Waals surface area contributed by atoms with E-state index in [1.807, 2.05) is 25.1 Å². The van der Waals surface area contributed by atoms with Crippen LogP contribution in [-0.2, 0) is 16.6 Å². The smallest absolute Gasteiger partial charge is 0.255 e. The van der Waals surface area contributed by atoms with Crippen LogP contribution in [0.25, 0.3) is 0 Å². The van der Waals surface area contributed by atoms with Gasteiger partial charge in [0, 0.05) is 16.8 Å². The molecule has 0 aliphatic rings. The molecule has 160 valence electrons. The number of aryl methyl sites for hydroxylation is 1. The lowest BCUT2D eigenvalue weighted by Crippen LogP contribution is -2.29. The van der Waals surface area contributed by atoms with Crippen LogP contribution in [-0.4, -0.2) is 26.4 Å². The molecule has 0 aliphatic carbocycles. The van der Waals surface area contributed by atoms with E-state index in [2.05, 4.69) is 5.32 Å². The van der Waals surface area contributed by atoms with E-state index in [9.17, 15) is 18.0 Å². The van der Waals surface area contributed by atoms with Gasteiger partial charge in [-0.25, -0.2) is 8.42 Å². The zero-order valence-corrected chi connectivity index (χ0v) is 18.4. The maximum Gasteiger partial charge on any atom is 0.255 e. The molecule has 3 aromatic carbocycles. The van der Waals surface area contributed by atoms with Crippen molar-refractivity contribution in [3.05, 3.63) is 95.1 Å². The molecule has 1 N–H and O–H groups in total. The number of carbonyl (C=O) groups is 2. The SMILES string of the molecule is CC(=O)c1cccc(NC(=O)c2ccc(CN(c3cccc(C)c3)S(C)(=O)=O)cc2)c1. The number of hydrogen-bond acceptors (Lipinski definition) is 4. The molecule has 0 spiro atoms. The highest BCUT2D eigenvalue weighted by Gasteiger charge is 2.18. The largest absolute Gasteiger partial charge is 0.322 e. The van der Waals surface area contributed by atoms with Gasteiger partial charge < -0.3 is 5.32 Å². The third kappa shape index (κ3) is 5.79. The summed E-state index contributed by atoms with van der Waals surface area (Å²) in [5.74, 6) is -0.393. The molecule has 0 fully saturated rings. The van der Waals surface area contributed by atoms with Gasteiger partial charge in [0.25, 0.3) is 5.91 Å². The molecule has 0 atom stereocenters. The van der Waals surface area contributed by atoms with E-state index >= 15 is 0 Å². The minimum atomic E-state index is -3.48. The first kappa shape index (κ1) is 22.2. The van der Waals surface area contributed by atoms with Crippen molar-refractivity contribution in [1.82, 2.24) is 0 Å². The highest BCUT2D eigenvalue weighted by Crippen LogP contribution is 2.22. The first-order valence-corrected chi connectivity index (χ1v) is 11.5. The number of nitrogens with one attached hydrogen (secondary N) is 1. The average Bonchev–Trinajstić information content (AvgIpc) is 2.71. The molecule has 0 aromatic heterocycles. The van der Waals surface area contributed by atoms with Crippen LogP contribution in [0.2, 0.25) is 0 Å². The fourth-order valence-electron chi connectivity index (χ4n) is 3.13. The fourth-order valence-corrected chi connectivity index (χ4v) is 4.01. The number of hydrogen-bond donors (Lipinski definition) is 1. The second-order valence-electron chi connectivity index (χ2n) is 7.40. The summed E-state index contributed by atoms with van der Waals surface area (Å²) in [6.07, 6.45) is 1.17. The second kappa shape index (κ2) is 9.14. The van der Waals surface area contributed by atoms with Crippen LogP contribution in [0.15, 0.2) is 72.8 Å². The van der Waals surface area contributed by atoms with E-state index in [1.54, 1.807) is 54.6 Å². The normalized spacial score (nSPS) is 11.1. The zero-order valence-electron chi connectivity index (χ0n) is 17.6.